The highest BCUT2D eigenvalue weighted by Crippen LogP contribution is 2.26. The molecule has 0 saturated heterocycles. The van der Waals surface area contributed by atoms with Gasteiger partial charge in [-0.25, -0.2) is 0 Å². The van der Waals surface area contributed by atoms with Gasteiger partial charge in [0.15, 0.2) is 0 Å². The molecule has 0 fully saturated rings. The number of hydrogen-bond acceptors (Lipinski definition) is 2. The second-order valence-corrected chi connectivity index (χ2v) is 4.63. The zero-order chi connectivity index (χ0) is 13.0. The van der Waals surface area contributed by atoms with Crippen LogP contribution in [0.2, 0.25) is 10.0 Å². The maximum Gasteiger partial charge on any atom is 0.230 e. The zero-order valence-corrected chi connectivity index (χ0v) is 11.2. The summed E-state index contributed by atoms with van der Waals surface area (Å²) >= 11 is 11.9. The van der Waals surface area contributed by atoms with Gasteiger partial charge in [-0.05, 0) is 18.6 Å². The first kappa shape index (κ1) is 14.0. The molecule has 1 aromatic carbocycles. The Morgan fingerprint density at radius 2 is 1.94 bits per heavy atom. The van der Waals surface area contributed by atoms with Crippen molar-refractivity contribution in [2.75, 3.05) is 7.05 Å². The molecule has 0 bridgehead atoms. The number of halogens is 2. The van der Waals surface area contributed by atoms with Crippen molar-refractivity contribution in [1.82, 2.24) is 4.90 Å². The van der Waals surface area contributed by atoms with E-state index in [0.717, 1.165) is 5.56 Å². The van der Waals surface area contributed by atoms with Crippen LogP contribution in [0, 0.1) is 0 Å². The summed E-state index contributed by atoms with van der Waals surface area (Å²) in [6.07, 6.45) is -0.0886. The first-order valence-electron chi connectivity index (χ1n) is 5.08. The lowest BCUT2D eigenvalue weighted by atomic mass is 10.2. The number of nitrogens with zero attached hydrogens (tertiary/aromatic N) is 1. The van der Waals surface area contributed by atoms with Crippen molar-refractivity contribution in [1.29, 1.82) is 0 Å². The van der Waals surface area contributed by atoms with Crippen LogP contribution in [0.3, 0.4) is 0 Å². The number of amides is 1. The third kappa shape index (κ3) is 4.02. The van der Waals surface area contributed by atoms with Gasteiger partial charge >= 0.3 is 0 Å². The molecule has 1 rings (SSSR count). The van der Waals surface area contributed by atoms with Gasteiger partial charge in [-0.1, -0.05) is 35.3 Å². The van der Waals surface area contributed by atoms with Crippen LogP contribution in [0.1, 0.15) is 18.9 Å². The Balaban J connectivity index is 2.74. The molecule has 92 valence electrons. The number of benzene rings is 1. The largest absolute Gasteiger partial charge is 0.341 e. The van der Waals surface area contributed by atoms with Crippen LogP contribution in [-0.4, -0.2) is 23.6 Å². The van der Waals surface area contributed by atoms with Crippen molar-refractivity contribution >= 4 is 34.9 Å². The lowest BCUT2D eigenvalue weighted by molar-refractivity contribution is -0.134. The molecule has 1 amide bonds. The third-order valence-corrected chi connectivity index (χ3v) is 3.12. The van der Waals surface area contributed by atoms with Crippen LogP contribution in [0.4, 0.5) is 0 Å². The summed E-state index contributed by atoms with van der Waals surface area (Å²) in [4.78, 5) is 23.9. The van der Waals surface area contributed by atoms with Crippen molar-refractivity contribution in [2.45, 2.75) is 19.9 Å². The molecule has 0 aliphatic rings. The molecular weight excluding hydrogens is 261 g/mol. The molecule has 0 saturated carbocycles. The van der Waals surface area contributed by atoms with Gasteiger partial charge in [0.1, 0.15) is 5.78 Å². The summed E-state index contributed by atoms with van der Waals surface area (Å²) in [5, 5.41) is 0.897. The summed E-state index contributed by atoms with van der Waals surface area (Å²) in [6, 6.07) is 5.25. The molecule has 0 radical (unpaired) electrons. The summed E-state index contributed by atoms with van der Waals surface area (Å²) in [6.45, 7) is 1.73. The Morgan fingerprint density at radius 1 is 1.29 bits per heavy atom. The molecule has 0 atom stereocenters. The Hall–Kier alpha value is -1.06. The SMILES string of the molecule is CC(=O)CC(=O)N(C)Cc1cccc(Cl)c1Cl. The van der Waals surface area contributed by atoms with E-state index >= 15 is 0 Å². The van der Waals surface area contributed by atoms with Gasteiger partial charge in [0, 0.05) is 13.6 Å². The minimum absolute atomic E-state index is 0.0886. The summed E-state index contributed by atoms with van der Waals surface area (Å²) < 4.78 is 0. The minimum Gasteiger partial charge on any atom is -0.341 e. The van der Waals surface area contributed by atoms with Gasteiger partial charge in [-0.2, -0.15) is 0 Å². The number of hydrogen-bond donors (Lipinski definition) is 0. The fourth-order valence-corrected chi connectivity index (χ4v) is 1.74. The number of carbonyl (C=O) groups excluding carboxylic acids is 2. The Morgan fingerprint density at radius 3 is 2.53 bits per heavy atom. The zero-order valence-electron chi connectivity index (χ0n) is 9.67. The van der Waals surface area contributed by atoms with Crippen LogP contribution in [-0.2, 0) is 16.1 Å². The highest BCUT2D eigenvalue weighted by atomic mass is 35.5. The van der Waals surface area contributed by atoms with Gasteiger partial charge < -0.3 is 4.90 Å². The third-order valence-electron chi connectivity index (χ3n) is 2.27. The predicted octanol–water partition coefficient (Wildman–Crippen LogP) is 2.93. The average Bonchev–Trinajstić information content (AvgIpc) is 2.23. The van der Waals surface area contributed by atoms with Crippen LogP contribution in [0.25, 0.3) is 0 Å². The van der Waals surface area contributed by atoms with Crippen LogP contribution >= 0.6 is 23.2 Å². The number of Topliss-reactive ketones (excluding diaryl/α,β-unsaturated/α-hetero) is 1. The van der Waals surface area contributed by atoms with Crippen molar-refractivity contribution in [3.05, 3.63) is 33.8 Å². The summed E-state index contributed by atoms with van der Waals surface area (Å²) in [5.74, 6) is -0.382. The molecule has 0 unspecified atom stereocenters. The van der Waals surface area contributed by atoms with Crippen molar-refractivity contribution in [2.24, 2.45) is 0 Å². The lowest BCUT2D eigenvalue weighted by Crippen LogP contribution is -2.27. The monoisotopic (exact) mass is 273 g/mol. The molecule has 3 nitrogen and oxygen atoms in total. The predicted molar refractivity (Wildman–Crippen MR) is 68.2 cm³/mol. The quantitative estimate of drug-likeness (QED) is 0.791. The number of carbonyl (C=O) groups is 2. The van der Waals surface area contributed by atoms with E-state index in [1.165, 1.54) is 11.8 Å². The lowest BCUT2D eigenvalue weighted by Gasteiger charge is -2.17. The van der Waals surface area contributed by atoms with E-state index in [1.807, 2.05) is 0 Å². The van der Waals surface area contributed by atoms with E-state index in [2.05, 4.69) is 0 Å². The van der Waals surface area contributed by atoms with Crippen molar-refractivity contribution in [3.63, 3.8) is 0 Å². The van der Waals surface area contributed by atoms with Gasteiger partial charge in [-0.15, -0.1) is 0 Å². The molecule has 5 heteroatoms. The molecule has 0 N–H and O–H groups in total. The van der Waals surface area contributed by atoms with Crippen LogP contribution < -0.4 is 0 Å². The smallest absolute Gasteiger partial charge is 0.230 e. The summed E-state index contributed by atoms with van der Waals surface area (Å²) in [5.41, 5.74) is 0.763. The Kier molecular flexibility index (Phi) is 4.97. The van der Waals surface area contributed by atoms with Gasteiger partial charge in [-0.3, -0.25) is 9.59 Å². The van der Waals surface area contributed by atoms with Crippen molar-refractivity contribution < 1.29 is 9.59 Å². The molecule has 0 aromatic heterocycles. The highest BCUT2D eigenvalue weighted by molar-refractivity contribution is 6.42. The molecule has 0 aliphatic carbocycles. The minimum atomic E-state index is -0.228. The van der Waals surface area contributed by atoms with Crippen LogP contribution in [0.5, 0.6) is 0 Å². The maximum absolute atomic E-state index is 11.6. The molecule has 0 aliphatic heterocycles. The van der Waals surface area contributed by atoms with E-state index in [9.17, 15) is 9.59 Å². The van der Waals surface area contributed by atoms with E-state index in [1.54, 1.807) is 25.2 Å². The van der Waals surface area contributed by atoms with Gasteiger partial charge in [0.2, 0.25) is 5.91 Å². The summed E-state index contributed by atoms with van der Waals surface area (Å²) in [7, 11) is 1.63. The molecule has 0 spiro atoms. The normalized spacial score (nSPS) is 10.1. The Bertz CT molecular complexity index is 446. The fourth-order valence-electron chi connectivity index (χ4n) is 1.36. The maximum atomic E-state index is 11.6. The topological polar surface area (TPSA) is 37.4 Å². The molecule has 17 heavy (non-hydrogen) atoms. The molecule has 0 heterocycles. The van der Waals surface area contributed by atoms with Gasteiger partial charge in [0.25, 0.3) is 0 Å². The average molecular weight is 274 g/mol. The number of ketones is 1. The van der Waals surface area contributed by atoms with Crippen molar-refractivity contribution in [3.8, 4) is 0 Å². The number of rotatable bonds is 4. The first-order valence-corrected chi connectivity index (χ1v) is 5.83. The van der Waals surface area contributed by atoms with E-state index in [0.29, 0.717) is 16.6 Å². The molecule has 1 aromatic rings. The van der Waals surface area contributed by atoms with E-state index < -0.39 is 0 Å². The highest BCUT2D eigenvalue weighted by Gasteiger charge is 2.13. The van der Waals surface area contributed by atoms with E-state index in [4.69, 9.17) is 23.2 Å². The standard InChI is InChI=1S/C12H13Cl2NO2/c1-8(16)6-11(17)15(2)7-9-4-3-5-10(13)12(9)14/h3-5H,6-7H2,1-2H3. The fraction of sp³-hybridized carbons (Fsp3) is 0.333. The second kappa shape index (κ2) is 6.03. The first-order chi connectivity index (χ1) is 7.91. The van der Waals surface area contributed by atoms with E-state index in [-0.39, 0.29) is 18.1 Å². The van der Waals surface area contributed by atoms with Crippen LogP contribution in [0.15, 0.2) is 18.2 Å². The second-order valence-electron chi connectivity index (χ2n) is 3.84. The van der Waals surface area contributed by atoms with Gasteiger partial charge in [0.05, 0.1) is 16.5 Å². The Labute approximate surface area is 110 Å². The molecular formula is C12H13Cl2NO2.